The Morgan fingerprint density at radius 2 is 1.90 bits per heavy atom. The summed E-state index contributed by atoms with van der Waals surface area (Å²) in [5.41, 5.74) is 1.33. The summed E-state index contributed by atoms with van der Waals surface area (Å²) in [6.07, 6.45) is 4.45. The Morgan fingerprint density at radius 1 is 1.10 bits per heavy atom. The Labute approximate surface area is 183 Å². The number of amides is 3. The van der Waals surface area contributed by atoms with Crippen LogP contribution in [-0.4, -0.2) is 83.8 Å². The van der Waals surface area contributed by atoms with E-state index in [0.29, 0.717) is 25.4 Å². The van der Waals surface area contributed by atoms with Crippen molar-refractivity contribution in [3.8, 4) is 0 Å². The van der Waals surface area contributed by atoms with Gasteiger partial charge in [0.15, 0.2) is 0 Å². The van der Waals surface area contributed by atoms with Gasteiger partial charge in [-0.1, -0.05) is 30.3 Å². The molecule has 31 heavy (non-hydrogen) atoms. The van der Waals surface area contributed by atoms with Crippen LogP contribution in [0.25, 0.3) is 0 Å². The summed E-state index contributed by atoms with van der Waals surface area (Å²) < 4.78 is 0. The Hall–Kier alpha value is -2.41. The third-order valence-corrected chi connectivity index (χ3v) is 7.58. The highest BCUT2D eigenvalue weighted by atomic mass is 16.2. The zero-order valence-electron chi connectivity index (χ0n) is 18.0. The molecular weight excluding hydrogens is 392 g/mol. The van der Waals surface area contributed by atoms with Crippen LogP contribution in [0.15, 0.2) is 30.3 Å². The quantitative estimate of drug-likeness (QED) is 0.779. The van der Waals surface area contributed by atoms with Crippen molar-refractivity contribution in [1.82, 2.24) is 20.0 Å². The molecule has 7 nitrogen and oxygen atoms in total. The minimum absolute atomic E-state index is 0.0246. The van der Waals surface area contributed by atoms with Gasteiger partial charge in [-0.05, 0) is 37.2 Å². The summed E-state index contributed by atoms with van der Waals surface area (Å²) in [7, 11) is 0. The molecule has 1 aromatic rings. The lowest BCUT2D eigenvalue weighted by atomic mass is 9.71. The number of nitrogens with one attached hydrogen (secondary N) is 1. The van der Waals surface area contributed by atoms with Crippen LogP contribution in [0, 0.1) is 11.8 Å². The van der Waals surface area contributed by atoms with Gasteiger partial charge in [0, 0.05) is 51.1 Å². The second-order valence-electron chi connectivity index (χ2n) is 9.57. The van der Waals surface area contributed by atoms with E-state index < -0.39 is 6.04 Å². The molecule has 0 spiro atoms. The van der Waals surface area contributed by atoms with Gasteiger partial charge < -0.3 is 20.0 Å². The number of piperidine rings is 3. The Morgan fingerprint density at radius 3 is 2.71 bits per heavy atom. The van der Waals surface area contributed by atoms with E-state index in [1.807, 2.05) is 11.0 Å². The maximum atomic E-state index is 13.6. The lowest BCUT2D eigenvalue weighted by Crippen LogP contribution is -2.69. The molecule has 4 atom stereocenters. The number of benzene rings is 1. The summed E-state index contributed by atoms with van der Waals surface area (Å²) >= 11 is 0. The number of hydrogen-bond acceptors (Lipinski definition) is 4. The minimum atomic E-state index is -0.417. The summed E-state index contributed by atoms with van der Waals surface area (Å²) in [5, 5.41) is 2.80. The van der Waals surface area contributed by atoms with E-state index in [9.17, 15) is 14.4 Å². The van der Waals surface area contributed by atoms with Crippen molar-refractivity contribution < 1.29 is 14.4 Å². The number of nitrogens with zero attached hydrogens (tertiary/aromatic N) is 3. The molecule has 4 heterocycles. The smallest absolute Gasteiger partial charge is 0.246 e. The Bertz CT molecular complexity index is 844. The fourth-order valence-corrected chi connectivity index (χ4v) is 6.20. The zero-order valence-corrected chi connectivity index (χ0v) is 18.0. The fraction of sp³-hybridized carbons (Fsp3) is 0.625. The van der Waals surface area contributed by atoms with E-state index >= 15 is 0 Å². The Balaban J connectivity index is 1.36. The molecule has 4 saturated heterocycles. The van der Waals surface area contributed by atoms with E-state index in [1.54, 1.807) is 4.90 Å². The van der Waals surface area contributed by atoms with Crippen molar-refractivity contribution in [2.24, 2.45) is 11.8 Å². The molecule has 0 aromatic heterocycles. The highest BCUT2D eigenvalue weighted by Crippen LogP contribution is 2.42. The number of fused-ring (bicyclic) bond motifs is 4. The van der Waals surface area contributed by atoms with Crippen LogP contribution in [0.1, 0.15) is 31.2 Å². The lowest BCUT2D eigenvalue weighted by molar-refractivity contribution is -0.166. The molecule has 1 N–H and O–H groups in total. The highest BCUT2D eigenvalue weighted by Gasteiger charge is 2.52. The molecule has 166 valence electrons. The number of carbonyl (C=O) groups excluding carboxylic acids is 3. The van der Waals surface area contributed by atoms with Gasteiger partial charge in [0.25, 0.3) is 0 Å². The molecule has 4 aliphatic heterocycles. The molecule has 0 unspecified atom stereocenters. The monoisotopic (exact) mass is 424 g/mol. The summed E-state index contributed by atoms with van der Waals surface area (Å²) in [4.78, 5) is 44.6. The topological polar surface area (TPSA) is 73.0 Å². The van der Waals surface area contributed by atoms with Gasteiger partial charge in [-0.3, -0.25) is 14.4 Å². The van der Waals surface area contributed by atoms with Crippen LogP contribution >= 0.6 is 0 Å². The van der Waals surface area contributed by atoms with Crippen LogP contribution in [0.5, 0.6) is 0 Å². The Kier molecular flexibility index (Phi) is 5.69. The van der Waals surface area contributed by atoms with Crippen LogP contribution in [0.2, 0.25) is 0 Å². The van der Waals surface area contributed by atoms with E-state index in [1.165, 1.54) is 5.56 Å². The van der Waals surface area contributed by atoms with Crippen LogP contribution in [-0.2, 0) is 20.8 Å². The minimum Gasteiger partial charge on any atom is -0.353 e. The molecule has 2 bridgehead atoms. The van der Waals surface area contributed by atoms with E-state index in [0.717, 1.165) is 45.3 Å². The molecular formula is C24H32N4O3. The van der Waals surface area contributed by atoms with Gasteiger partial charge in [0.1, 0.15) is 6.04 Å². The second kappa shape index (κ2) is 8.61. The van der Waals surface area contributed by atoms with Crippen LogP contribution in [0.3, 0.4) is 0 Å². The fourth-order valence-electron chi connectivity index (χ4n) is 6.20. The molecule has 0 saturated carbocycles. The summed E-state index contributed by atoms with van der Waals surface area (Å²) in [6, 6.07) is 10.3. The first-order valence-electron chi connectivity index (χ1n) is 11.7. The normalized spacial score (nSPS) is 31.2. The second-order valence-corrected chi connectivity index (χ2v) is 9.57. The standard InChI is InChI=1S/C24H32N4O3/c29-21-16-27(12-10-25-21)24(31)23-19-13-18(20-7-4-8-22(30)28(20)23)14-26(15-19)11-9-17-5-2-1-3-6-17/h1-3,5-6,18-20,23H,4,7-16H2,(H,25,29)/t18-,19+,20+,23-/m1/s1. The third kappa shape index (κ3) is 4.07. The number of rotatable bonds is 4. The molecule has 4 fully saturated rings. The maximum Gasteiger partial charge on any atom is 0.246 e. The third-order valence-electron chi connectivity index (χ3n) is 7.58. The van der Waals surface area contributed by atoms with Gasteiger partial charge >= 0.3 is 0 Å². The average molecular weight is 425 g/mol. The van der Waals surface area contributed by atoms with E-state index in [4.69, 9.17) is 0 Å². The number of hydrogen-bond donors (Lipinski definition) is 1. The van der Waals surface area contributed by atoms with Crippen molar-refractivity contribution in [1.29, 1.82) is 0 Å². The van der Waals surface area contributed by atoms with Gasteiger partial charge in [-0.2, -0.15) is 0 Å². The lowest BCUT2D eigenvalue weighted by Gasteiger charge is -2.56. The van der Waals surface area contributed by atoms with Gasteiger partial charge in [-0.25, -0.2) is 0 Å². The van der Waals surface area contributed by atoms with Crippen molar-refractivity contribution >= 4 is 17.7 Å². The van der Waals surface area contributed by atoms with E-state index in [-0.39, 0.29) is 36.2 Å². The first-order chi connectivity index (χ1) is 15.1. The molecule has 0 aliphatic carbocycles. The maximum absolute atomic E-state index is 13.6. The highest BCUT2D eigenvalue weighted by molar-refractivity contribution is 5.92. The first kappa shape index (κ1) is 20.5. The molecule has 0 radical (unpaired) electrons. The summed E-state index contributed by atoms with van der Waals surface area (Å²) in [5.74, 6) is 0.577. The molecule has 4 aliphatic rings. The number of likely N-dealkylation sites (tertiary alicyclic amines) is 1. The van der Waals surface area contributed by atoms with Gasteiger partial charge in [0.05, 0.1) is 6.54 Å². The molecule has 1 aromatic carbocycles. The van der Waals surface area contributed by atoms with Crippen molar-refractivity contribution in [2.45, 2.75) is 44.2 Å². The van der Waals surface area contributed by atoms with Gasteiger partial charge in [-0.15, -0.1) is 0 Å². The van der Waals surface area contributed by atoms with Crippen molar-refractivity contribution in [3.05, 3.63) is 35.9 Å². The van der Waals surface area contributed by atoms with E-state index in [2.05, 4.69) is 34.5 Å². The molecule has 5 rings (SSSR count). The molecule has 7 heteroatoms. The first-order valence-corrected chi connectivity index (χ1v) is 11.7. The SMILES string of the molecule is O=C1CN(C(=O)[C@H]2[C@H]3C[C@H](CN(CCc4ccccc4)C3)[C@@H]3CCCC(=O)N32)CCN1. The molecule has 3 amide bonds. The van der Waals surface area contributed by atoms with Crippen molar-refractivity contribution in [2.75, 3.05) is 39.3 Å². The summed E-state index contributed by atoms with van der Waals surface area (Å²) in [6.45, 7) is 3.95. The predicted octanol–water partition coefficient (Wildman–Crippen LogP) is 0.889. The van der Waals surface area contributed by atoms with Gasteiger partial charge in [0.2, 0.25) is 17.7 Å². The van der Waals surface area contributed by atoms with Crippen molar-refractivity contribution in [3.63, 3.8) is 0 Å². The van der Waals surface area contributed by atoms with Crippen LogP contribution < -0.4 is 5.32 Å². The predicted molar refractivity (Wildman–Crippen MR) is 116 cm³/mol. The average Bonchev–Trinajstić information content (AvgIpc) is 2.79. The zero-order chi connectivity index (χ0) is 21.4. The van der Waals surface area contributed by atoms with Crippen LogP contribution in [0.4, 0.5) is 0 Å². The largest absolute Gasteiger partial charge is 0.353 e. The number of piperazine rings is 1. The number of carbonyl (C=O) groups is 3.